The van der Waals surface area contributed by atoms with Crippen molar-refractivity contribution < 1.29 is 0 Å². The molecule has 0 spiro atoms. The Morgan fingerprint density at radius 2 is 0.971 bits per heavy atom. The monoisotopic (exact) mass is 434 g/mol. The third-order valence-electron chi connectivity index (χ3n) is 6.44. The van der Waals surface area contributed by atoms with Gasteiger partial charge in [-0.05, 0) is 17.7 Å². The Labute approximate surface area is 199 Å². The van der Waals surface area contributed by atoms with Gasteiger partial charge in [-0.1, -0.05) is 138 Å². The molecule has 2 nitrogen and oxygen atoms in total. The van der Waals surface area contributed by atoms with Crippen molar-refractivity contribution in [3.05, 3.63) is 139 Å². The first kappa shape index (κ1) is 20.3. The predicted molar refractivity (Wildman–Crippen MR) is 146 cm³/mol. The van der Waals surface area contributed by atoms with Crippen LogP contribution in [0.5, 0.6) is 0 Å². The lowest BCUT2D eigenvalue weighted by atomic mass is 9.36. The lowest BCUT2D eigenvalue weighted by Gasteiger charge is -2.17. The largest absolute Gasteiger partial charge is 0.242 e. The zero-order valence-corrected chi connectivity index (χ0v) is 18.8. The molecule has 0 aliphatic carbocycles. The van der Waals surface area contributed by atoms with Crippen molar-refractivity contribution >= 4 is 51.1 Å². The topological polar surface area (TPSA) is 17.3 Å². The number of benzene rings is 5. The number of aromatic nitrogens is 1. The van der Waals surface area contributed by atoms with E-state index in [1.807, 2.05) is 6.21 Å². The van der Waals surface area contributed by atoms with Crippen molar-refractivity contribution in [3.8, 4) is 0 Å². The highest BCUT2D eigenvalue weighted by Crippen LogP contribution is 2.28. The average molecular weight is 434 g/mol. The van der Waals surface area contributed by atoms with E-state index in [0.29, 0.717) is 0 Å². The number of hydrogen-bond donors (Lipinski definition) is 0. The highest BCUT2D eigenvalue weighted by atomic mass is 15.3. The van der Waals surface area contributed by atoms with E-state index in [0.717, 1.165) is 16.6 Å². The fourth-order valence-electron chi connectivity index (χ4n) is 4.88. The first-order valence-electron chi connectivity index (χ1n) is 11.6. The van der Waals surface area contributed by atoms with Gasteiger partial charge in [0.2, 0.25) is 6.71 Å². The van der Waals surface area contributed by atoms with Crippen molar-refractivity contribution in [1.82, 2.24) is 4.68 Å². The van der Waals surface area contributed by atoms with Crippen LogP contribution in [0, 0.1) is 0 Å². The summed E-state index contributed by atoms with van der Waals surface area (Å²) in [6.45, 7) is 0.128. The molecule has 1 heterocycles. The van der Waals surface area contributed by atoms with E-state index in [2.05, 4.69) is 138 Å². The van der Waals surface area contributed by atoms with E-state index in [-0.39, 0.29) is 6.71 Å². The van der Waals surface area contributed by atoms with E-state index < -0.39 is 0 Å². The fourth-order valence-corrected chi connectivity index (χ4v) is 4.88. The van der Waals surface area contributed by atoms with Gasteiger partial charge in [0.1, 0.15) is 0 Å². The maximum Gasteiger partial charge on any atom is 0.242 e. The molecule has 6 rings (SSSR count). The van der Waals surface area contributed by atoms with Crippen LogP contribution in [-0.4, -0.2) is 17.6 Å². The minimum Gasteiger partial charge on any atom is -0.232 e. The zero-order valence-electron chi connectivity index (χ0n) is 18.8. The molecule has 160 valence electrons. The molecule has 1 aromatic heterocycles. The molecule has 0 bridgehead atoms. The molecule has 0 N–H and O–H groups in total. The van der Waals surface area contributed by atoms with Gasteiger partial charge in [-0.2, -0.15) is 5.10 Å². The molecule has 0 fully saturated rings. The second kappa shape index (κ2) is 8.88. The van der Waals surface area contributed by atoms with Crippen molar-refractivity contribution in [3.63, 3.8) is 0 Å². The van der Waals surface area contributed by atoms with Crippen LogP contribution in [0.3, 0.4) is 0 Å². The van der Waals surface area contributed by atoms with Gasteiger partial charge in [0.15, 0.2) is 0 Å². The van der Waals surface area contributed by atoms with Crippen LogP contribution in [0.25, 0.3) is 21.8 Å². The molecule has 0 aliphatic rings. The lowest BCUT2D eigenvalue weighted by molar-refractivity contribution is 0.975. The van der Waals surface area contributed by atoms with Gasteiger partial charge in [-0.25, -0.2) is 4.68 Å². The molecular formula is C31H23BN2. The summed E-state index contributed by atoms with van der Waals surface area (Å²) in [6, 6.07) is 46.9. The Bertz CT molecular complexity index is 1510. The van der Waals surface area contributed by atoms with Crippen molar-refractivity contribution in [2.24, 2.45) is 5.10 Å². The number of fused-ring (bicyclic) bond motifs is 3. The Morgan fingerprint density at radius 1 is 0.500 bits per heavy atom. The summed E-state index contributed by atoms with van der Waals surface area (Å²) in [4.78, 5) is 0. The van der Waals surface area contributed by atoms with E-state index in [4.69, 9.17) is 5.10 Å². The molecule has 34 heavy (non-hydrogen) atoms. The number of hydrogen-bond acceptors (Lipinski definition) is 1. The molecule has 0 amide bonds. The normalized spacial score (nSPS) is 11.4. The molecule has 3 heteroatoms. The summed E-state index contributed by atoms with van der Waals surface area (Å²) in [7, 11) is 0. The molecule has 6 aromatic rings. The Kier molecular flexibility index (Phi) is 5.29. The van der Waals surface area contributed by atoms with Crippen LogP contribution < -0.4 is 16.4 Å². The number of rotatable bonds is 5. The summed E-state index contributed by atoms with van der Waals surface area (Å²) < 4.78 is 2.06. The lowest BCUT2D eigenvalue weighted by Crippen LogP contribution is -2.53. The minimum absolute atomic E-state index is 0.128. The highest BCUT2D eigenvalue weighted by molar-refractivity contribution is 6.96. The van der Waals surface area contributed by atoms with Crippen LogP contribution in [-0.2, 0) is 0 Å². The third kappa shape index (κ3) is 3.62. The molecular weight excluding hydrogens is 411 g/mol. The van der Waals surface area contributed by atoms with Crippen LogP contribution in [0.1, 0.15) is 5.56 Å². The SMILES string of the molecule is C(=N\n1c2ccccc2c2ccccc21)/c1ccccc1B(c1ccccc1)c1ccccc1. The van der Waals surface area contributed by atoms with E-state index in [1.165, 1.54) is 27.2 Å². The van der Waals surface area contributed by atoms with Crippen LogP contribution in [0.15, 0.2) is 139 Å². The molecule has 0 atom stereocenters. The quantitative estimate of drug-likeness (QED) is 0.262. The average Bonchev–Trinajstić information content (AvgIpc) is 3.23. The smallest absolute Gasteiger partial charge is 0.232 e. The van der Waals surface area contributed by atoms with Gasteiger partial charge in [0.25, 0.3) is 0 Å². The Balaban J connectivity index is 1.51. The maximum absolute atomic E-state index is 5.01. The third-order valence-corrected chi connectivity index (χ3v) is 6.44. The van der Waals surface area contributed by atoms with E-state index in [9.17, 15) is 0 Å². The molecule has 0 saturated carbocycles. The number of para-hydroxylation sites is 2. The maximum atomic E-state index is 5.01. The first-order valence-corrected chi connectivity index (χ1v) is 11.6. The van der Waals surface area contributed by atoms with Gasteiger partial charge in [0.05, 0.1) is 17.2 Å². The van der Waals surface area contributed by atoms with Gasteiger partial charge < -0.3 is 0 Å². The Hall–Kier alpha value is -4.37. The summed E-state index contributed by atoms with van der Waals surface area (Å²) in [5, 5.41) is 7.45. The van der Waals surface area contributed by atoms with Gasteiger partial charge in [-0.3, -0.25) is 0 Å². The van der Waals surface area contributed by atoms with Gasteiger partial charge >= 0.3 is 0 Å². The molecule has 0 unspecified atom stereocenters. The van der Waals surface area contributed by atoms with Gasteiger partial charge in [0, 0.05) is 10.8 Å². The summed E-state index contributed by atoms with van der Waals surface area (Å²) in [5.41, 5.74) is 7.12. The van der Waals surface area contributed by atoms with Gasteiger partial charge in [-0.15, -0.1) is 0 Å². The second-order valence-electron chi connectivity index (χ2n) is 8.47. The highest BCUT2D eigenvalue weighted by Gasteiger charge is 2.23. The van der Waals surface area contributed by atoms with Crippen molar-refractivity contribution in [2.75, 3.05) is 0 Å². The first-order chi connectivity index (χ1) is 16.9. The van der Waals surface area contributed by atoms with Crippen molar-refractivity contribution in [1.29, 1.82) is 0 Å². The van der Waals surface area contributed by atoms with E-state index >= 15 is 0 Å². The summed E-state index contributed by atoms with van der Waals surface area (Å²) in [5.74, 6) is 0. The molecule has 0 radical (unpaired) electrons. The standard InChI is InChI=1S/C31H23BN2/c1-3-14-25(15-4-1)32(26-16-5-2-6-17-26)29-20-10-7-13-24(29)23-33-34-30-21-11-8-18-27(30)28-19-9-12-22-31(28)34/h1-23H/b33-23+. The molecule has 0 saturated heterocycles. The van der Waals surface area contributed by atoms with Crippen LogP contribution in [0.4, 0.5) is 0 Å². The predicted octanol–water partition coefficient (Wildman–Crippen LogP) is 5.19. The summed E-state index contributed by atoms with van der Waals surface area (Å²) >= 11 is 0. The zero-order chi connectivity index (χ0) is 22.7. The second-order valence-corrected chi connectivity index (χ2v) is 8.47. The summed E-state index contributed by atoms with van der Waals surface area (Å²) in [6.07, 6.45) is 2.01. The molecule has 5 aromatic carbocycles. The van der Waals surface area contributed by atoms with E-state index in [1.54, 1.807) is 0 Å². The molecule has 0 aliphatic heterocycles. The van der Waals surface area contributed by atoms with Crippen LogP contribution in [0.2, 0.25) is 0 Å². The number of nitrogens with zero attached hydrogens (tertiary/aromatic N) is 2. The Morgan fingerprint density at radius 3 is 1.56 bits per heavy atom. The van der Waals surface area contributed by atoms with Crippen molar-refractivity contribution in [2.45, 2.75) is 0 Å². The minimum atomic E-state index is 0.128. The fraction of sp³-hybridized carbons (Fsp3) is 0. The van der Waals surface area contributed by atoms with Crippen LogP contribution >= 0.6 is 0 Å².